The van der Waals surface area contributed by atoms with Crippen LogP contribution in [-0.2, 0) is 10.8 Å². The summed E-state index contributed by atoms with van der Waals surface area (Å²) in [6.45, 7) is 0. The minimum Gasteiger partial charge on any atom is -0.310 e. The highest BCUT2D eigenvalue weighted by atomic mass is 15.2. The van der Waals surface area contributed by atoms with Crippen LogP contribution in [0.2, 0.25) is 0 Å². The number of hydrogen-bond acceptors (Lipinski definition) is 2. The lowest BCUT2D eigenvalue weighted by Gasteiger charge is -2.45. The van der Waals surface area contributed by atoms with Gasteiger partial charge in [0.1, 0.15) is 0 Å². The summed E-state index contributed by atoms with van der Waals surface area (Å²) in [5, 5.41) is 7.27. The van der Waals surface area contributed by atoms with Gasteiger partial charge in [0.15, 0.2) is 0 Å². The molecule has 0 radical (unpaired) electrons. The Labute approximate surface area is 546 Å². The number of fused-ring (bicyclic) bond motifs is 21. The van der Waals surface area contributed by atoms with Crippen LogP contribution in [0.4, 0.5) is 34.1 Å². The third kappa shape index (κ3) is 7.09. The number of benzene rings is 16. The molecule has 0 aromatic heterocycles. The molecule has 20 rings (SSSR count). The SMILES string of the molecule is c1ccc(-c2cc(-c3c4cccc(-c5cccc6c5-c5ccccc5C65c6ccccc6N(c6ccccc6)c6ccccc65)c4cc4c(-c5cccc6c5-c5ccccc5C65c6ccccc6N(c6ccccc6)c6ccccc65)cccc34)c3ccccc3c2)cc1. The first-order chi connectivity index (χ1) is 46.7. The summed E-state index contributed by atoms with van der Waals surface area (Å²) in [5.41, 5.74) is 30.8. The van der Waals surface area contributed by atoms with Gasteiger partial charge in [-0.25, -0.2) is 0 Å². The number of anilines is 6. The zero-order valence-corrected chi connectivity index (χ0v) is 51.4. The van der Waals surface area contributed by atoms with Crippen molar-refractivity contribution in [1.29, 1.82) is 0 Å². The molecule has 0 bridgehead atoms. The van der Waals surface area contributed by atoms with Crippen molar-refractivity contribution >= 4 is 66.4 Å². The normalized spacial score (nSPS) is 13.9. The van der Waals surface area contributed by atoms with E-state index in [4.69, 9.17) is 0 Å². The minimum atomic E-state index is -0.618. The van der Waals surface area contributed by atoms with Gasteiger partial charge in [0.2, 0.25) is 0 Å². The van der Waals surface area contributed by atoms with Gasteiger partial charge in [-0.15, -0.1) is 0 Å². The van der Waals surface area contributed by atoms with E-state index in [1.807, 2.05) is 0 Å². The van der Waals surface area contributed by atoms with Gasteiger partial charge in [-0.05, 0) is 210 Å². The van der Waals surface area contributed by atoms with Crippen LogP contribution in [-0.4, -0.2) is 0 Å². The van der Waals surface area contributed by atoms with E-state index in [9.17, 15) is 0 Å². The van der Waals surface area contributed by atoms with Gasteiger partial charge in [0, 0.05) is 11.4 Å². The van der Waals surface area contributed by atoms with Gasteiger partial charge in [-0.1, -0.05) is 285 Å². The van der Waals surface area contributed by atoms with E-state index in [-0.39, 0.29) is 0 Å². The lowest BCUT2D eigenvalue weighted by Crippen LogP contribution is -2.36. The molecule has 94 heavy (non-hydrogen) atoms. The zero-order chi connectivity index (χ0) is 61.6. The van der Waals surface area contributed by atoms with Crippen LogP contribution in [0.1, 0.15) is 44.5 Å². The smallest absolute Gasteiger partial charge is 0.0754 e. The average molecular weight is 1190 g/mol. The lowest BCUT2D eigenvalue weighted by molar-refractivity contribution is 0.753. The van der Waals surface area contributed by atoms with Crippen LogP contribution in [0.25, 0.3) is 99.1 Å². The first-order valence-corrected chi connectivity index (χ1v) is 32.8. The number of rotatable bonds is 6. The van der Waals surface area contributed by atoms with Crippen molar-refractivity contribution in [3.63, 3.8) is 0 Å². The van der Waals surface area contributed by atoms with Crippen molar-refractivity contribution in [3.05, 3.63) is 396 Å². The fourth-order valence-electron chi connectivity index (χ4n) is 17.7. The average Bonchev–Trinajstić information content (AvgIpc) is 1.45. The number of hydrogen-bond donors (Lipinski definition) is 0. The molecule has 0 fully saturated rings. The van der Waals surface area contributed by atoms with Crippen molar-refractivity contribution in [3.8, 4) is 66.8 Å². The van der Waals surface area contributed by atoms with Gasteiger partial charge >= 0.3 is 0 Å². The fraction of sp³-hybridized carbons (Fsp3) is 0.0217. The topological polar surface area (TPSA) is 6.48 Å². The van der Waals surface area contributed by atoms with Gasteiger partial charge in [-0.3, -0.25) is 0 Å². The van der Waals surface area contributed by atoms with Gasteiger partial charge in [-0.2, -0.15) is 0 Å². The van der Waals surface area contributed by atoms with Crippen LogP contribution in [0.5, 0.6) is 0 Å². The minimum absolute atomic E-state index is 0.618. The maximum atomic E-state index is 2.57. The summed E-state index contributed by atoms with van der Waals surface area (Å²) in [6.07, 6.45) is 0. The van der Waals surface area contributed by atoms with E-state index in [0.717, 1.165) is 11.4 Å². The van der Waals surface area contributed by atoms with Crippen molar-refractivity contribution in [2.24, 2.45) is 0 Å². The molecule has 2 aliphatic heterocycles. The van der Waals surface area contributed by atoms with Crippen LogP contribution in [0.3, 0.4) is 0 Å². The van der Waals surface area contributed by atoms with E-state index in [1.165, 1.54) is 166 Å². The lowest BCUT2D eigenvalue weighted by atomic mass is 9.64. The summed E-state index contributed by atoms with van der Waals surface area (Å²) in [4.78, 5) is 4.94. The summed E-state index contributed by atoms with van der Waals surface area (Å²) < 4.78 is 0. The largest absolute Gasteiger partial charge is 0.310 e. The summed E-state index contributed by atoms with van der Waals surface area (Å²) in [7, 11) is 0. The van der Waals surface area contributed by atoms with E-state index < -0.39 is 10.8 Å². The van der Waals surface area contributed by atoms with Crippen molar-refractivity contribution in [1.82, 2.24) is 0 Å². The molecule has 2 aliphatic carbocycles. The Hall–Kier alpha value is -12.1. The van der Waals surface area contributed by atoms with Crippen LogP contribution in [0, 0.1) is 0 Å². The fourth-order valence-corrected chi connectivity index (χ4v) is 17.7. The summed E-state index contributed by atoms with van der Waals surface area (Å²) >= 11 is 0. The molecule has 0 amide bonds. The highest BCUT2D eigenvalue weighted by molar-refractivity contribution is 6.23. The van der Waals surface area contributed by atoms with Crippen molar-refractivity contribution in [2.45, 2.75) is 10.8 Å². The van der Waals surface area contributed by atoms with E-state index in [2.05, 4.69) is 362 Å². The summed E-state index contributed by atoms with van der Waals surface area (Å²) in [5.74, 6) is 0. The van der Waals surface area contributed by atoms with Crippen LogP contribution in [0.15, 0.2) is 352 Å². The number of nitrogens with zero attached hydrogens (tertiary/aromatic N) is 2. The molecule has 16 aromatic rings. The first-order valence-electron chi connectivity index (χ1n) is 32.8. The van der Waals surface area contributed by atoms with E-state index in [0.29, 0.717) is 0 Å². The zero-order valence-electron chi connectivity index (χ0n) is 51.4. The second-order valence-corrected chi connectivity index (χ2v) is 25.6. The van der Waals surface area contributed by atoms with Crippen molar-refractivity contribution in [2.75, 3.05) is 9.80 Å². The molecule has 0 unspecified atom stereocenters. The second kappa shape index (κ2) is 20.2. The molecule has 16 aromatic carbocycles. The molecule has 0 saturated carbocycles. The molecule has 2 nitrogen and oxygen atoms in total. The van der Waals surface area contributed by atoms with Gasteiger partial charge < -0.3 is 9.80 Å². The molecule has 2 heterocycles. The number of para-hydroxylation sites is 6. The molecular weight excluding hydrogens is 1130 g/mol. The molecule has 0 saturated heterocycles. The Morgan fingerprint density at radius 3 is 0.989 bits per heavy atom. The molecule has 2 spiro atoms. The van der Waals surface area contributed by atoms with Gasteiger partial charge in [0.25, 0.3) is 0 Å². The highest BCUT2D eigenvalue weighted by Crippen LogP contribution is 2.67. The molecule has 0 N–H and O–H groups in total. The Balaban J connectivity index is 0.885. The monoisotopic (exact) mass is 1190 g/mol. The maximum Gasteiger partial charge on any atom is 0.0754 e. The Morgan fingerprint density at radius 1 is 0.181 bits per heavy atom. The Kier molecular flexibility index (Phi) is 11.3. The molecule has 2 heteroatoms. The quantitative estimate of drug-likeness (QED) is 0.153. The van der Waals surface area contributed by atoms with E-state index in [1.54, 1.807) is 0 Å². The molecule has 4 aliphatic rings. The third-order valence-corrected chi connectivity index (χ3v) is 21.2. The predicted octanol–water partition coefficient (Wildman–Crippen LogP) is 24.1. The highest BCUT2D eigenvalue weighted by Gasteiger charge is 2.54. The van der Waals surface area contributed by atoms with Gasteiger partial charge in [0.05, 0.1) is 33.6 Å². The van der Waals surface area contributed by atoms with Crippen LogP contribution < -0.4 is 9.80 Å². The second-order valence-electron chi connectivity index (χ2n) is 25.6. The summed E-state index contributed by atoms with van der Waals surface area (Å²) in [6, 6.07) is 133. The maximum absolute atomic E-state index is 2.57. The Bertz CT molecular complexity index is 5430. The third-order valence-electron chi connectivity index (χ3n) is 21.2. The first kappa shape index (κ1) is 52.7. The molecule has 0 atom stereocenters. The van der Waals surface area contributed by atoms with E-state index >= 15 is 0 Å². The standard InChI is InChI=1S/C92H58N2/c1-4-28-59(29-5-1)61-56-60-30-10-11-35-64(60)75(57-61)88-69-40-24-38-65(67-42-26-50-82-89(67)71-36-12-14-44-76(71)91(82)78-46-16-20-52-84(78)93(62-31-6-2-7-32-62)85-53-21-17-47-79(85)91)73(69)58-74-66(39-25-41-70(74)88)68-43-27-51-83-90(68)72-37-13-15-45-77(72)92(83)80-48-18-22-54-86(80)94(63-33-8-3-9-34-63)87-55-23-19-49-81(87)92/h1-58H. The predicted molar refractivity (Wildman–Crippen MR) is 392 cm³/mol. The Morgan fingerprint density at radius 2 is 0.521 bits per heavy atom. The molecular formula is C92H58N2. The van der Waals surface area contributed by atoms with Crippen molar-refractivity contribution < 1.29 is 0 Å². The molecule has 436 valence electrons. The van der Waals surface area contributed by atoms with Crippen LogP contribution >= 0.6 is 0 Å².